The molecular formula is C18H18BrFN6O3. The van der Waals surface area contributed by atoms with Gasteiger partial charge in [0.15, 0.2) is 5.65 Å². The number of anilines is 1. The van der Waals surface area contributed by atoms with E-state index in [2.05, 4.69) is 41.4 Å². The van der Waals surface area contributed by atoms with E-state index in [-0.39, 0.29) is 17.1 Å². The minimum absolute atomic E-state index is 0.139. The molecule has 0 aromatic carbocycles. The maximum absolute atomic E-state index is 13.9. The maximum Gasteiger partial charge on any atom is 0.280 e. The lowest BCUT2D eigenvalue weighted by atomic mass is 10.1. The summed E-state index contributed by atoms with van der Waals surface area (Å²) in [6, 6.07) is 3.12. The van der Waals surface area contributed by atoms with E-state index in [1.807, 2.05) is 6.07 Å². The third-order valence-electron chi connectivity index (χ3n) is 4.76. The summed E-state index contributed by atoms with van der Waals surface area (Å²) in [6.07, 6.45) is 6.01. The van der Waals surface area contributed by atoms with E-state index in [1.165, 1.54) is 23.9 Å². The van der Waals surface area contributed by atoms with Crippen LogP contribution in [0.4, 0.5) is 10.2 Å². The van der Waals surface area contributed by atoms with Gasteiger partial charge in [0.1, 0.15) is 22.7 Å². The number of carbonyl (C=O) groups is 1. The highest BCUT2D eigenvalue weighted by atomic mass is 79.9. The van der Waals surface area contributed by atoms with E-state index in [0.29, 0.717) is 22.9 Å². The van der Waals surface area contributed by atoms with Gasteiger partial charge < -0.3 is 9.64 Å². The summed E-state index contributed by atoms with van der Waals surface area (Å²) < 4.78 is 20.7. The molecule has 1 atom stereocenters. The van der Waals surface area contributed by atoms with Crippen LogP contribution in [0.25, 0.3) is 5.65 Å². The molecule has 1 aliphatic heterocycles. The minimum Gasteiger partial charge on any atom is -0.481 e. The fourth-order valence-electron chi connectivity index (χ4n) is 3.54. The number of hydrogen-bond acceptors (Lipinski definition) is 7. The second kappa shape index (κ2) is 8.29. The number of hydrogen-bond donors (Lipinski definition) is 1. The van der Waals surface area contributed by atoms with E-state index < -0.39 is 11.7 Å². The van der Waals surface area contributed by atoms with E-state index in [9.17, 15) is 9.18 Å². The van der Waals surface area contributed by atoms with Gasteiger partial charge in [0, 0.05) is 18.3 Å². The highest BCUT2D eigenvalue weighted by molar-refractivity contribution is 9.09. The Balaban J connectivity index is 1.70. The van der Waals surface area contributed by atoms with Crippen molar-refractivity contribution >= 4 is 33.3 Å². The van der Waals surface area contributed by atoms with E-state index in [1.54, 1.807) is 6.20 Å². The molecule has 152 valence electrons. The molecule has 0 unspecified atom stereocenters. The van der Waals surface area contributed by atoms with Crippen LogP contribution in [0.2, 0.25) is 0 Å². The monoisotopic (exact) mass is 464 g/mol. The summed E-state index contributed by atoms with van der Waals surface area (Å²) in [5.74, 6) is 0.179. The highest BCUT2D eigenvalue weighted by Crippen LogP contribution is 2.38. The van der Waals surface area contributed by atoms with Gasteiger partial charge >= 0.3 is 0 Å². The maximum atomic E-state index is 13.9. The molecule has 1 aliphatic rings. The second-order valence-electron chi connectivity index (χ2n) is 6.40. The Bertz CT molecular complexity index is 1050. The third-order valence-corrected chi connectivity index (χ3v) is 4.99. The smallest absolute Gasteiger partial charge is 0.280 e. The Morgan fingerprint density at radius 2 is 2.31 bits per heavy atom. The van der Waals surface area contributed by atoms with Crippen LogP contribution in [0.3, 0.4) is 0 Å². The average Bonchev–Trinajstić information content (AvgIpc) is 3.38. The Kier molecular flexibility index (Phi) is 5.58. The Morgan fingerprint density at radius 1 is 1.45 bits per heavy atom. The molecule has 4 rings (SSSR count). The largest absolute Gasteiger partial charge is 0.481 e. The lowest BCUT2D eigenvalue weighted by Gasteiger charge is -2.26. The Morgan fingerprint density at radius 3 is 3.10 bits per heavy atom. The van der Waals surface area contributed by atoms with Crippen LogP contribution in [0.5, 0.6) is 5.88 Å². The van der Waals surface area contributed by atoms with Gasteiger partial charge in [-0.3, -0.25) is 9.63 Å². The summed E-state index contributed by atoms with van der Waals surface area (Å²) >= 11 is 3.07. The van der Waals surface area contributed by atoms with Crippen LogP contribution in [0, 0.1) is 5.82 Å². The number of ether oxygens (including phenoxy) is 1. The number of hydroxylamine groups is 1. The number of amides is 1. The van der Waals surface area contributed by atoms with Crippen LogP contribution >= 0.6 is 15.9 Å². The SMILES string of the molecule is COc1ncc(F)cc1[C@H]1CCCN1c1ccn2ncc(C(=O)NOCBr)c2n1. The standard InChI is InChI=1S/C18H18BrFN6O3/c1-28-18-12(7-11(20)8-21-18)14-3-2-5-25(14)15-4-6-26-16(23-15)13(9-22-26)17(27)24-29-10-19/h4,6-9,14H,2-3,5,10H2,1H3,(H,24,27)/t14-/m1/s1. The van der Waals surface area contributed by atoms with Gasteiger partial charge in [-0.2, -0.15) is 5.10 Å². The van der Waals surface area contributed by atoms with Crippen molar-refractivity contribution < 1.29 is 18.8 Å². The lowest BCUT2D eigenvalue weighted by molar-refractivity contribution is 0.0502. The molecular weight excluding hydrogens is 447 g/mol. The summed E-state index contributed by atoms with van der Waals surface area (Å²) in [4.78, 5) is 27.9. The normalized spacial score (nSPS) is 16.4. The number of rotatable bonds is 6. The van der Waals surface area contributed by atoms with Crippen molar-refractivity contribution in [2.75, 3.05) is 24.1 Å². The number of fused-ring (bicyclic) bond motifs is 1. The number of nitrogens with zero attached hydrogens (tertiary/aromatic N) is 5. The number of nitrogens with one attached hydrogen (secondary N) is 1. The van der Waals surface area contributed by atoms with E-state index >= 15 is 0 Å². The van der Waals surface area contributed by atoms with Crippen molar-refractivity contribution in [3.05, 3.63) is 47.7 Å². The molecule has 0 bridgehead atoms. The van der Waals surface area contributed by atoms with Gasteiger partial charge in [-0.05, 0) is 25.0 Å². The summed E-state index contributed by atoms with van der Waals surface area (Å²) in [7, 11) is 1.51. The number of methoxy groups -OCH3 is 1. The molecule has 1 saturated heterocycles. The second-order valence-corrected chi connectivity index (χ2v) is 6.86. The van der Waals surface area contributed by atoms with Crippen molar-refractivity contribution in [1.29, 1.82) is 0 Å². The molecule has 0 saturated carbocycles. The third kappa shape index (κ3) is 3.75. The molecule has 0 aliphatic carbocycles. The first-order valence-corrected chi connectivity index (χ1v) is 10.0. The molecule has 4 heterocycles. The quantitative estimate of drug-likeness (QED) is 0.442. The van der Waals surface area contributed by atoms with Crippen molar-refractivity contribution in [3.8, 4) is 5.88 Å². The van der Waals surface area contributed by atoms with Crippen molar-refractivity contribution in [2.45, 2.75) is 18.9 Å². The first-order chi connectivity index (χ1) is 14.1. The van der Waals surface area contributed by atoms with Crippen LogP contribution in [-0.2, 0) is 4.84 Å². The van der Waals surface area contributed by atoms with Crippen LogP contribution in [0.15, 0.2) is 30.7 Å². The zero-order chi connectivity index (χ0) is 20.4. The molecule has 1 amide bonds. The lowest BCUT2D eigenvalue weighted by Crippen LogP contribution is -2.25. The molecule has 1 N–H and O–H groups in total. The predicted molar refractivity (Wildman–Crippen MR) is 105 cm³/mol. The van der Waals surface area contributed by atoms with Gasteiger partial charge in [0.05, 0.1) is 25.5 Å². The molecule has 29 heavy (non-hydrogen) atoms. The molecule has 0 spiro atoms. The first-order valence-electron chi connectivity index (χ1n) is 8.91. The predicted octanol–water partition coefficient (Wildman–Crippen LogP) is 2.63. The Hall–Kier alpha value is -2.79. The van der Waals surface area contributed by atoms with Crippen molar-refractivity contribution in [3.63, 3.8) is 0 Å². The summed E-state index contributed by atoms with van der Waals surface area (Å²) in [5.41, 5.74) is 3.83. The van der Waals surface area contributed by atoms with Gasteiger partial charge in [-0.25, -0.2) is 24.4 Å². The average molecular weight is 465 g/mol. The fourth-order valence-corrected chi connectivity index (χ4v) is 3.66. The molecule has 1 fully saturated rings. The van der Waals surface area contributed by atoms with Crippen molar-refractivity contribution in [1.82, 2.24) is 25.1 Å². The van der Waals surface area contributed by atoms with Crippen LogP contribution in [-0.4, -0.2) is 44.7 Å². The van der Waals surface area contributed by atoms with Gasteiger partial charge in [-0.1, -0.05) is 15.9 Å². The van der Waals surface area contributed by atoms with E-state index in [0.717, 1.165) is 25.6 Å². The Labute approximate surface area is 173 Å². The zero-order valence-corrected chi connectivity index (χ0v) is 17.1. The summed E-state index contributed by atoms with van der Waals surface area (Å²) in [5, 5.41) is 4.16. The van der Waals surface area contributed by atoms with Gasteiger partial charge in [0.2, 0.25) is 5.88 Å². The molecule has 3 aromatic rings. The van der Waals surface area contributed by atoms with Gasteiger partial charge in [0.25, 0.3) is 5.91 Å². The molecule has 0 radical (unpaired) electrons. The first kappa shape index (κ1) is 19.5. The number of aromatic nitrogens is 4. The minimum atomic E-state index is -0.446. The molecule has 3 aromatic heterocycles. The summed E-state index contributed by atoms with van der Waals surface area (Å²) in [6.45, 7) is 0.732. The zero-order valence-electron chi connectivity index (χ0n) is 15.5. The van der Waals surface area contributed by atoms with E-state index in [4.69, 9.17) is 9.57 Å². The van der Waals surface area contributed by atoms with Crippen molar-refractivity contribution in [2.24, 2.45) is 0 Å². The number of carbonyl (C=O) groups excluding carboxylic acids is 1. The fraction of sp³-hybridized carbons (Fsp3) is 0.333. The molecule has 11 heteroatoms. The topological polar surface area (TPSA) is 93.9 Å². The van der Waals surface area contributed by atoms with Crippen LogP contribution in [0.1, 0.15) is 34.8 Å². The molecule has 9 nitrogen and oxygen atoms in total. The van der Waals surface area contributed by atoms with Crippen LogP contribution < -0.4 is 15.1 Å². The highest BCUT2D eigenvalue weighted by Gasteiger charge is 2.31. The number of pyridine rings is 1. The van der Waals surface area contributed by atoms with Gasteiger partial charge in [-0.15, -0.1) is 0 Å². The number of alkyl halides is 1. The number of halogens is 2.